The predicted octanol–water partition coefficient (Wildman–Crippen LogP) is 2.72. The molecule has 1 aliphatic carbocycles. The summed E-state index contributed by atoms with van der Waals surface area (Å²) in [6.07, 6.45) is 5.05. The molecule has 1 saturated carbocycles. The molecule has 0 heterocycles. The van der Waals surface area contributed by atoms with Crippen LogP contribution in [0.1, 0.15) is 39.5 Å². The highest BCUT2D eigenvalue weighted by Gasteiger charge is 2.18. The maximum absolute atomic E-state index is 6.10. The second-order valence-corrected chi connectivity index (χ2v) is 5.47. The Bertz CT molecular complexity index is 163. The third-order valence-electron chi connectivity index (χ3n) is 3.71. The lowest BCUT2D eigenvalue weighted by Crippen LogP contribution is -2.34. The molecule has 0 amide bonds. The highest BCUT2D eigenvalue weighted by Crippen LogP contribution is 2.26. The van der Waals surface area contributed by atoms with Gasteiger partial charge in [-0.15, -0.1) is 11.6 Å². The molecule has 0 unspecified atom stereocenters. The van der Waals surface area contributed by atoms with Gasteiger partial charge in [-0.25, -0.2) is 0 Å². The molecule has 1 N–H and O–H groups in total. The number of nitrogens with zero attached hydrogens (tertiary/aromatic N) is 1. The van der Waals surface area contributed by atoms with E-state index in [1.165, 1.54) is 38.8 Å². The second kappa shape index (κ2) is 8.32. The number of hydrogen-bond donors (Lipinski definition) is 1. The van der Waals surface area contributed by atoms with Gasteiger partial charge in [0.2, 0.25) is 0 Å². The summed E-state index contributed by atoms with van der Waals surface area (Å²) in [6.45, 7) is 10.3. The molecule has 16 heavy (non-hydrogen) atoms. The summed E-state index contributed by atoms with van der Waals surface area (Å²) in [5, 5.41) is 4.04. The Morgan fingerprint density at radius 1 is 1.12 bits per heavy atom. The maximum Gasteiger partial charge on any atom is 0.0336 e. The number of rotatable bonds is 7. The van der Waals surface area contributed by atoms with Crippen LogP contribution in [0.3, 0.4) is 0 Å². The monoisotopic (exact) mass is 246 g/mol. The van der Waals surface area contributed by atoms with Crippen molar-refractivity contribution in [2.75, 3.05) is 32.7 Å². The minimum atomic E-state index is 0.451. The van der Waals surface area contributed by atoms with Crippen LogP contribution in [0, 0.1) is 5.92 Å². The van der Waals surface area contributed by atoms with Crippen molar-refractivity contribution >= 4 is 11.6 Å². The number of nitrogens with one attached hydrogen (secondary N) is 1. The molecular weight excluding hydrogens is 220 g/mol. The normalized spacial score (nSPS) is 26.2. The first-order valence-corrected chi connectivity index (χ1v) is 7.27. The Hall–Kier alpha value is 0.210. The Labute approximate surface area is 106 Å². The van der Waals surface area contributed by atoms with Gasteiger partial charge in [0.25, 0.3) is 0 Å². The van der Waals surface area contributed by atoms with Gasteiger partial charge in [0.15, 0.2) is 0 Å². The lowest BCUT2D eigenvalue weighted by molar-refractivity contribution is 0.290. The van der Waals surface area contributed by atoms with Crippen molar-refractivity contribution in [2.45, 2.75) is 44.9 Å². The van der Waals surface area contributed by atoms with E-state index in [-0.39, 0.29) is 0 Å². The SMILES string of the molecule is CCN(CC)CCNCC1CCC(Cl)CC1. The third kappa shape index (κ3) is 5.51. The minimum Gasteiger partial charge on any atom is -0.315 e. The van der Waals surface area contributed by atoms with Gasteiger partial charge >= 0.3 is 0 Å². The minimum absolute atomic E-state index is 0.451. The van der Waals surface area contributed by atoms with Gasteiger partial charge in [0.1, 0.15) is 0 Å². The highest BCUT2D eigenvalue weighted by molar-refractivity contribution is 6.20. The lowest BCUT2D eigenvalue weighted by atomic mass is 9.89. The van der Waals surface area contributed by atoms with Crippen LogP contribution in [0.25, 0.3) is 0 Å². The fourth-order valence-corrected chi connectivity index (χ4v) is 2.66. The van der Waals surface area contributed by atoms with Crippen molar-refractivity contribution in [3.05, 3.63) is 0 Å². The summed E-state index contributed by atoms with van der Waals surface area (Å²) >= 11 is 6.10. The smallest absolute Gasteiger partial charge is 0.0336 e. The van der Waals surface area contributed by atoms with Crippen molar-refractivity contribution in [1.82, 2.24) is 10.2 Å². The maximum atomic E-state index is 6.10. The highest BCUT2D eigenvalue weighted by atomic mass is 35.5. The van der Waals surface area contributed by atoms with Crippen molar-refractivity contribution in [2.24, 2.45) is 5.92 Å². The zero-order chi connectivity index (χ0) is 11.8. The van der Waals surface area contributed by atoms with Gasteiger partial charge in [-0.05, 0) is 51.2 Å². The summed E-state index contributed by atoms with van der Waals surface area (Å²) in [4.78, 5) is 2.46. The zero-order valence-corrected chi connectivity index (χ0v) is 11.6. The van der Waals surface area contributed by atoms with Crippen LogP contribution in [-0.4, -0.2) is 43.0 Å². The van der Waals surface area contributed by atoms with E-state index >= 15 is 0 Å². The van der Waals surface area contributed by atoms with Gasteiger partial charge in [-0.3, -0.25) is 0 Å². The molecule has 1 fully saturated rings. The summed E-state index contributed by atoms with van der Waals surface area (Å²) in [7, 11) is 0. The van der Waals surface area contributed by atoms with Gasteiger partial charge < -0.3 is 10.2 Å². The predicted molar refractivity (Wildman–Crippen MR) is 72.3 cm³/mol. The average Bonchev–Trinajstić information content (AvgIpc) is 2.32. The first-order chi connectivity index (χ1) is 7.76. The van der Waals surface area contributed by atoms with Crippen LogP contribution in [0.5, 0.6) is 0 Å². The van der Waals surface area contributed by atoms with E-state index in [9.17, 15) is 0 Å². The second-order valence-electron chi connectivity index (χ2n) is 4.85. The average molecular weight is 247 g/mol. The molecule has 1 aliphatic rings. The van der Waals surface area contributed by atoms with E-state index in [2.05, 4.69) is 24.1 Å². The number of alkyl halides is 1. The standard InChI is InChI=1S/C13H27ClN2/c1-3-16(4-2)10-9-15-11-12-5-7-13(14)8-6-12/h12-13,15H,3-11H2,1-2H3. The largest absolute Gasteiger partial charge is 0.315 e. The third-order valence-corrected chi connectivity index (χ3v) is 4.14. The van der Waals surface area contributed by atoms with Crippen LogP contribution in [-0.2, 0) is 0 Å². The van der Waals surface area contributed by atoms with Crippen molar-refractivity contribution < 1.29 is 0 Å². The van der Waals surface area contributed by atoms with Crippen molar-refractivity contribution in [1.29, 1.82) is 0 Å². The summed E-state index contributed by atoms with van der Waals surface area (Å²) in [5.74, 6) is 0.867. The Morgan fingerprint density at radius 3 is 2.31 bits per heavy atom. The fourth-order valence-electron chi connectivity index (χ4n) is 2.41. The fraction of sp³-hybridized carbons (Fsp3) is 1.00. The van der Waals surface area contributed by atoms with E-state index < -0.39 is 0 Å². The molecule has 0 radical (unpaired) electrons. The molecule has 0 aromatic heterocycles. The molecule has 3 heteroatoms. The van der Waals surface area contributed by atoms with E-state index in [0.29, 0.717) is 5.38 Å². The Morgan fingerprint density at radius 2 is 1.75 bits per heavy atom. The Kier molecular flexibility index (Phi) is 7.42. The van der Waals surface area contributed by atoms with Crippen LogP contribution < -0.4 is 5.32 Å². The van der Waals surface area contributed by atoms with E-state index in [1.54, 1.807) is 0 Å². The number of hydrogen-bond acceptors (Lipinski definition) is 2. The topological polar surface area (TPSA) is 15.3 Å². The van der Waals surface area contributed by atoms with Crippen LogP contribution >= 0.6 is 11.6 Å². The molecule has 1 rings (SSSR count). The number of halogens is 1. The lowest BCUT2D eigenvalue weighted by Gasteiger charge is -2.25. The van der Waals surface area contributed by atoms with Gasteiger partial charge in [-0.2, -0.15) is 0 Å². The van der Waals surface area contributed by atoms with Crippen molar-refractivity contribution in [3.63, 3.8) is 0 Å². The molecule has 0 aromatic carbocycles. The molecule has 0 saturated heterocycles. The molecule has 0 aromatic rings. The van der Waals surface area contributed by atoms with E-state index in [1.807, 2.05) is 0 Å². The van der Waals surface area contributed by atoms with Gasteiger partial charge in [0, 0.05) is 18.5 Å². The molecular formula is C13H27ClN2. The van der Waals surface area contributed by atoms with E-state index in [4.69, 9.17) is 11.6 Å². The van der Waals surface area contributed by atoms with Crippen LogP contribution in [0.4, 0.5) is 0 Å². The molecule has 2 nitrogen and oxygen atoms in total. The molecule has 0 aliphatic heterocycles. The first-order valence-electron chi connectivity index (χ1n) is 6.83. The number of likely N-dealkylation sites (N-methyl/N-ethyl adjacent to an activating group) is 1. The first kappa shape index (κ1) is 14.3. The summed E-state index contributed by atoms with van der Waals surface area (Å²) < 4.78 is 0. The molecule has 0 bridgehead atoms. The molecule has 96 valence electrons. The zero-order valence-electron chi connectivity index (χ0n) is 10.8. The van der Waals surface area contributed by atoms with Gasteiger partial charge in [-0.1, -0.05) is 13.8 Å². The van der Waals surface area contributed by atoms with Gasteiger partial charge in [0.05, 0.1) is 0 Å². The van der Waals surface area contributed by atoms with E-state index in [0.717, 1.165) is 25.6 Å². The van der Waals surface area contributed by atoms with Crippen molar-refractivity contribution in [3.8, 4) is 0 Å². The summed E-state index contributed by atoms with van der Waals surface area (Å²) in [6, 6.07) is 0. The van der Waals surface area contributed by atoms with Crippen LogP contribution in [0.15, 0.2) is 0 Å². The molecule has 0 spiro atoms. The summed E-state index contributed by atoms with van der Waals surface area (Å²) in [5.41, 5.74) is 0. The quantitative estimate of drug-likeness (QED) is 0.549. The Balaban J connectivity index is 1.98. The van der Waals surface area contributed by atoms with Crippen LogP contribution in [0.2, 0.25) is 0 Å². The molecule has 0 atom stereocenters.